The maximum atomic E-state index is 9.18. The molecule has 0 heterocycles. The first-order chi connectivity index (χ1) is 5.24. The minimum absolute atomic E-state index is 0.00537. The third-order valence-electron chi connectivity index (χ3n) is 1.59. The Morgan fingerprint density at radius 2 is 2.18 bits per heavy atom. The molecular weight excluding hydrogens is 199 g/mol. The molecule has 0 fully saturated rings. The first-order valence-corrected chi connectivity index (χ1v) is 6.30. The zero-order valence-electron chi connectivity index (χ0n) is 6.89. The second-order valence-corrected chi connectivity index (χ2v) is 5.89. The maximum absolute atomic E-state index is 9.18. The number of aryl methyl sites for hydroxylation is 1. The molecule has 1 rings (SSSR count). The number of aromatic hydroxyl groups is 1. The van der Waals surface area contributed by atoms with Crippen molar-refractivity contribution in [3.63, 3.8) is 0 Å². The average Bonchev–Trinajstić information content (AvgIpc) is 1.98. The Morgan fingerprint density at radius 1 is 1.45 bits per heavy atom. The van der Waals surface area contributed by atoms with E-state index in [2.05, 4.69) is 13.8 Å². The SMILES string of the molecule is CC[AsH]c1cc(O)ccc1C. The van der Waals surface area contributed by atoms with Crippen LogP contribution in [0.2, 0.25) is 5.21 Å². The Labute approximate surface area is 74.1 Å². The van der Waals surface area contributed by atoms with Gasteiger partial charge < -0.3 is 0 Å². The van der Waals surface area contributed by atoms with Crippen LogP contribution in [0.5, 0.6) is 5.75 Å². The predicted octanol–water partition coefficient (Wildman–Crippen LogP) is 1.20. The summed E-state index contributed by atoms with van der Waals surface area (Å²) in [4.78, 5) is 0. The summed E-state index contributed by atoms with van der Waals surface area (Å²) < 4.78 is 1.38. The third kappa shape index (κ3) is 2.27. The van der Waals surface area contributed by atoms with Gasteiger partial charge in [0.05, 0.1) is 0 Å². The van der Waals surface area contributed by atoms with Crippen molar-refractivity contribution in [1.82, 2.24) is 0 Å². The fraction of sp³-hybridized carbons (Fsp3) is 0.333. The number of phenols is 1. The van der Waals surface area contributed by atoms with Gasteiger partial charge in [-0.2, -0.15) is 0 Å². The average molecular weight is 212 g/mol. The van der Waals surface area contributed by atoms with E-state index < -0.39 is 0 Å². The van der Waals surface area contributed by atoms with Crippen LogP contribution in [0.1, 0.15) is 12.5 Å². The number of phenolic OH excluding ortho intramolecular Hbond substituents is 1. The molecule has 0 bridgehead atoms. The van der Waals surface area contributed by atoms with E-state index in [1.165, 1.54) is 15.1 Å². The molecule has 0 aliphatic rings. The number of rotatable bonds is 2. The van der Waals surface area contributed by atoms with Crippen LogP contribution in [0.15, 0.2) is 18.2 Å². The minimum atomic E-state index is 0.00537. The summed E-state index contributed by atoms with van der Waals surface area (Å²) in [6.45, 7) is 4.30. The van der Waals surface area contributed by atoms with Gasteiger partial charge in [-0.05, 0) is 0 Å². The van der Waals surface area contributed by atoms with Crippen LogP contribution in [0.4, 0.5) is 0 Å². The Bertz CT molecular complexity index is 245. The Kier molecular flexibility index (Phi) is 3.01. The van der Waals surface area contributed by atoms with Gasteiger partial charge in [-0.15, -0.1) is 0 Å². The Balaban J connectivity index is 2.93. The first-order valence-electron chi connectivity index (χ1n) is 3.77. The van der Waals surface area contributed by atoms with Crippen LogP contribution < -0.4 is 4.35 Å². The molecule has 11 heavy (non-hydrogen) atoms. The van der Waals surface area contributed by atoms with Gasteiger partial charge in [0.1, 0.15) is 0 Å². The molecule has 0 saturated carbocycles. The van der Waals surface area contributed by atoms with Crippen molar-refractivity contribution < 1.29 is 5.11 Å². The number of hydrogen-bond acceptors (Lipinski definition) is 1. The molecule has 0 spiro atoms. The fourth-order valence-corrected chi connectivity index (χ4v) is 3.07. The first kappa shape index (κ1) is 8.67. The summed E-state index contributed by atoms with van der Waals surface area (Å²) in [5.41, 5.74) is 1.32. The molecule has 1 nitrogen and oxygen atoms in total. The Morgan fingerprint density at radius 3 is 2.82 bits per heavy atom. The third-order valence-corrected chi connectivity index (χ3v) is 4.26. The van der Waals surface area contributed by atoms with Gasteiger partial charge in [0.2, 0.25) is 0 Å². The van der Waals surface area contributed by atoms with E-state index in [4.69, 9.17) is 0 Å². The van der Waals surface area contributed by atoms with E-state index in [0.29, 0.717) is 5.75 Å². The zero-order chi connectivity index (χ0) is 8.27. The second-order valence-electron chi connectivity index (χ2n) is 2.53. The molecular formula is C9H13AsO. The molecule has 1 atom stereocenters. The van der Waals surface area contributed by atoms with Crippen molar-refractivity contribution in [2.75, 3.05) is 0 Å². The van der Waals surface area contributed by atoms with Crippen molar-refractivity contribution in [2.24, 2.45) is 0 Å². The van der Waals surface area contributed by atoms with Crippen molar-refractivity contribution in [3.8, 4) is 5.75 Å². The van der Waals surface area contributed by atoms with Crippen LogP contribution in [0.25, 0.3) is 0 Å². The molecule has 0 aliphatic carbocycles. The van der Waals surface area contributed by atoms with Crippen molar-refractivity contribution in [3.05, 3.63) is 23.8 Å². The molecule has 0 aliphatic heterocycles. The van der Waals surface area contributed by atoms with Gasteiger partial charge in [0.15, 0.2) is 0 Å². The van der Waals surface area contributed by atoms with E-state index in [1.807, 2.05) is 12.1 Å². The summed E-state index contributed by atoms with van der Waals surface area (Å²) in [7, 11) is 0. The van der Waals surface area contributed by atoms with E-state index >= 15 is 0 Å². The van der Waals surface area contributed by atoms with Gasteiger partial charge in [-0.3, -0.25) is 0 Å². The number of hydrogen-bond donors (Lipinski definition) is 1. The molecule has 0 aromatic heterocycles. The van der Waals surface area contributed by atoms with Crippen molar-refractivity contribution >= 4 is 20.1 Å². The quantitative estimate of drug-likeness (QED) is 0.730. The van der Waals surface area contributed by atoms with Crippen LogP contribution >= 0.6 is 0 Å². The van der Waals surface area contributed by atoms with E-state index in [9.17, 15) is 5.11 Å². The molecule has 1 N–H and O–H groups in total. The summed E-state index contributed by atoms with van der Waals surface area (Å²) in [5.74, 6) is 0.405. The summed E-state index contributed by atoms with van der Waals surface area (Å²) >= 11 is 0.00537. The standard InChI is InChI=1S/C9H13AsO/c1-3-10-9-6-8(11)5-4-7(9)2/h4-6,10-11H,3H2,1-2H3. The van der Waals surface area contributed by atoms with Gasteiger partial charge >= 0.3 is 73.8 Å². The fourth-order valence-electron chi connectivity index (χ4n) is 0.991. The molecule has 0 amide bonds. The molecule has 1 aromatic rings. The van der Waals surface area contributed by atoms with E-state index in [-0.39, 0.29) is 15.8 Å². The monoisotopic (exact) mass is 212 g/mol. The molecule has 1 unspecified atom stereocenters. The van der Waals surface area contributed by atoms with Gasteiger partial charge in [-0.1, -0.05) is 0 Å². The topological polar surface area (TPSA) is 20.2 Å². The Hall–Kier alpha value is -0.422. The predicted molar refractivity (Wildman–Crippen MR) is 50.1 cm³/mol. The molecule has 2 heteroatoms. The van der Waals surface area contributed by atoms with Gasteiger partial charge in [0, 0.05) is 0 Å². The van der Waals surface area contributed by atoms with Crippen LogP contribution in [0, 0.1) is 6.92 Å². The van der Waals surface area contributed by atoms with Crippen LogP contribution in [-0.2, 0) is 0 Å². The van der Waals surface area contributed by atoms with Gasteiger partial charge in [0.25, 0.3) is 0 Å². The molecule has 1 aromatic carbocycles. The summed E-state index contributed by atoms with van der Waals surface area (Å²) in [6.07, 6.45) is 0. The summed E-state index contributed by atoms with van der Waals surface area (Å²) in [6, 6.07) is 5.64. The van der Waals surface area contributed by atoms with Crippen LogP contribution in [-0.4, -0.2) is 20.9 Å². The second kappa shape index (κ2) is 3.82. The zero-order valence-corrected chi connectivity index (χ0v) is 8.98. The van der Waals surface area contributed by atoms with E-state index in [0.717, 1.165) is 0 Å². The molecule has 0 saturated heterocycles. The number of benzene rings is 1. The summed E-state index contributed by atoms with van der Waals surface area (Å²) in [5, 5.41) is 10.4. The molecule has 0 radical (unpaired) electrons. The van der Waals surface area contributed by atoms with Gasteiger partial charge in [-0.25, -0.2) is 0 Å². The van der Waals surface area contributed by atoms with E-state index in [1.54, 1.807) is 6.07 Å². The van der Waals surface area contributed by atoms with Crippen molar-refractivity contribution in [2.45, 2.75) is 19.1 Å². The van der Waals surface area contributed by atoms with Crippen molar-refractivity contribution in [1.29, 1.82) is 0 Å². The normalized spacial score (nSPS) is 11.1. The van der Waals surface area contributed by atoms with Crippen LogP contribution in [0.3, 0.4) is 0 Å². The molecule has 60 valence electrons.